The van der Waals surface area contributed by atoms with Crippen LogP contribution in [0.4, 0.5) is 0 Å². The van der Waals surface area contributed by atoms with Gasteiger partial charge in [0.25, 0.3) is 0 Å². The third kappa shape index (κ3) is 3.19. The van der Waals surface area contributed by atoms with Gasteiger partial charge in [0.2, 0.25) is 0 Å². The van der Waals surface area contributed by atoms with Gasteiger partial charge in [0.15, 0.2) is 5.78 Å². The van der Waals surface area contributed by atoms with Crippen molar-refractivity contribution < 1.29 is 19.7 Å². The molecular weight excluding hydrogens is 316 g/mol. The molecule has 25 heavy (non-hydrogen) atoms. The van der Waals surface area contributed by atoms with Gasteiger partial charge in [0.1, 0.15) is 28.6 Å². The van der Waals surface area contributed by atoms with Crippen molar-refractivity contribution in [2.45, 2.75) is 13.3 Å². The molecule has 0 fully saturated rings. The van der Waals surface area contributed by atoms with Gasteiger partial charge in [-0.1, -0.05) is 43.0 Å². The largest absolute Gasteiger partial charge is 0.508 e. The number of phenolic OH excluding ortho intramolecular Hbond substituents is 2. The van der Waals surface area contributed by atoms with E-state index < -0.39 is 0 Å². The van der Waals surface area contributed by atoms with Crippen molar-refractivity contribution in [1.82, 2.24) is 0 Å². The van der Waals surface area contributed by atoms with Gasteiger partial charge in [-0.3, -0.25) is 4.79 Å². The first-order chi connectivity index (χ1) is 12.0. The molecule has 0 unspecified atom stereocenters. The summed E-state index contributed by atoms with van der Waals surface area (Å²) in [7, 11) is 0. The van der Waals surface area contributed by atoms with Gasteiger partial charge in [-0.25, -0.2) is 0 Å². The minimum absolute atomic E-state index is 0.0870. The van der Waals surface area contributed by atoms with E-state index in [1.165, 1.54) is 6.07 Å². The fourth-order valence-electron chi connectivity index (χ4n) is 2.78. The highest BCUT2D eigenvalue weighted by atomic mass is 16.5. The molecule has 1 heterocycles. The standard InChI is InChI=1S/C21H18O4/c1-3-5-6-13(4-2)14-7-8-15-9-17(23)21-18(24)11-16(22)12-20(21)25-19(15)10-14/h3-8,10-12,22,24H,2,9H2,1H3/b5-3-,13-6+. The maximum atomic E-state index is 12.5. The van der Waals surface area contributed by atoms with Crippen LogP contribution in [0.2, 0.25) is 0 Å². The number of phenols is 2. The van der Waals surface area contributed by atoms with Crippen molar-refractivity contribution in [3.8, 4) is 23.0 Å². The lowest BCUT2D eigenvalue weighted by Crippen LogP contribution is -2.02. The number of rotatable bonds is 3. The fourth-order valence-corrected chi connectivity index (χ4v) is 2.78. The van der Waals surface area contributed by atoms with Crippen molar-refractivity contribution >= 4 is 11.4 Å². The van der Waals surface area contributed by atoms with Gasteiger partial charge in [0.05, 0.1) is 0 Å². The highest BCUT2D eigenvalue weighted by Gasteiger charge is 2.25. The third-order valence-electron chi connectivity index (χ3n) is 4.00. The summed E-state index contributed by atoms with van der Waals surface area (Å²) in [6.45, 7) is 5.76. The van der Waals surface area contributed by atoms with Crippen molar-refractivity contribution in [3.63, 3.8) is 0 Å². The number of allylic oxidation sites excluding steroid dienone is 5. The molecule has 0 atom stereocenters. The minimum Gasteiger partial charge on any atom is -0.508 e. The summed E-state index contributed by atoms with van der Waals surface area (Å²) >= 11 is 0. The zero-order valence-corrected chi connectivity index (χ0v) is 13.8. The molecule has 0 saturated carbocycles. The number of hydrogen-bond acceptors (Lipinski definition) is 4. The number of hydrogen-bond donors (Lipinski definition) is 2. The lowest BCUT2D eigenvalue weighted by Gasteiger charge is -2.11. The number of Topliss-reactive ketones (excluding diaryl/α,β-unsaturated/α-hetero) is 1. The number of carbonyl (C=O) groups excluding carboxylic acids is 1. The van der Waals surface area contributed by atoms with Crippen molar-refractivity contribution in [2.24, 2.45) is 0 Å². The van der Waals surface area contributed by atoms with E-state index in [4.69, 9.17) is 4.74 Å². The highest BCUT2D eigenvalue weighted by Crippen LogP contribution is 2.41. The molecule has 0 bridgehead atoms. The lowest BCUT2D eigenvalue weighted by atomic mass is 9.98. The van der Waals surface area contributed by atoms with E-state index in [9.17, 15) is 15.0 Å². The first-order valence-corrected chi connectivity index (χ1v) is 7.89. The number of ketones is 1. The Labute approximate surface area is 146 Å². The molecule has 2 aromatic carbocycles. The van der Waals surface area contributed by atoms with Crippen molar-refractivity contribution in [1.29, 1.82) is 0 Å². The number of carbonyl (C=O) groups is 1. The van der Waals surface area contributed by atoms with Crippen LogP contribution in [0.5, 0.6) is 23.0 Å². The third-order valence-corrected chi connectivity index (χ3v) is 4.00. The summed E-state index contributed by atoms with van der Waals surface area (Å²) in [6, 6.07) is 8.03. The summed E-state index contributed by atoms with van der Waals surface area (Å²) < 4.78 is 5.85. The Kier molecular flexibility index (Phi) is 4.44. The normalized spacial score (nSPS) is 13.8. The number of aromatic hydroxyl groups is 2. The zero-order chi connectivity index (χ0) is 18.0. The molecule has 126 valence electrons. The smallest absolute Gasteiger partial charge is 0.174 e. The molecule has 1 aliphatic rings. The lowest BCUT2D eigenvalue weighted by molar-refractivity contribution is 0.0991. The SMILES string of the molecule is C=C/C(=C\C=C/C)c1ccc2c(c1)Oc1cc(O)cc(O)c1C(=O)C2. The molecule has 4 nitrogen and oxygen atoms in total. The van der Waals surface area contributed by atoms with Crippen LogP contribution in [0.1, 0.15) is 28.4 Å². The number of fused-ring (bicyclic) bond motifs is 2. The van der Waals surface area contributed by atoms with Crippen LogP contribution >= 0.6 is 0 Å². The molecule has 2 N–H and O–H groups in total. The molecule has 0 aliphatic carbocycles. The van der Waals surface area contributed by atoms with Crippen LogP contribution in [0.3, 0.4) is 0 Å². The molecule has 0 amide bonds. The van der Waals surface area contributed by atoms with Crippen LogP contribution < -0.4 is 4.74 Å². The first kappa shape index (κ1) is 16.6. The highest BCUT2D eigenvalue weighted by molar-refractivity contribution is 6.03. The Morgan fingerprint density at radius 3 is 2.72 bits per heavy atom. The van der Waals surface area contributed by atoms with E-state index in [1.54, 1.807) is 6.08 Å². The summed E-state index contributed by atoms with van der Waals surface area (Å²) in [4.78, 5) is 12.5. The van der Waals surface area contributed by atoms with Gasteiger partial charge >= 0.3 is 0 Å². The molecular formula is C21H18O4. The zero-order valence-electron chi connectivity index (χ0n) is 13.8. The molecule has 2 aromatic rings. The Hall–Kier alpha value is -3.27. The van der Waals surface area contributed by atoms with Gasteiger partial charge in [0, 0.05) is 24.1 Å². The Balaban J connectivity index is 2.11. The van der Waals surface area contributed by atoms with Crippen molar-refractivity contribution in [3.05, 3.63) is 77.9 Å². The number of benzene rings is 2. The summed E-state index contributed by atoms with van der Waals surface area (Å²) in [6.07, 6.45) is 7.63. The van der Waals surface area contributed by atoms with E-state index in [0.29, 0.717) is 5.75 Å². The Morgan fingerprint density at radius 1 is 1.20 bits per heavy atom. The average Bonchev–Trinajstić information content (AvgIpc) is 2.70. The summed E-state index contributed by atoms with van der Waals surface area (Å²) in [5, 5.41) is 19.7. The van der Waals surface area contributed by atoms with Crippen LogP contribution in [0.25, 0.3) is 5.57 Å². The number of ether oxygens (including phenoxy) is 1. The van der Waals surface area contributed by atoms with E-state index in [1.807, 2.05) is 43.4 Å². The molecule has 4 heteroatoms. The summed E-state index contributed by atoms with van der Waals surface area (Å²) in [5.41, 5.74) is 2.62. The van der Waals surface area contributed by atoms with E-state index in [0.717, 1.165) is 22.8 Å². The van der Waals surface area contributed by atoms with Gasteiger partial charge < -0.3 is 14.9 Å². The Bertz CT molecular complexity index is 920. The second-order valence-electron chi connectivity index (χ2n) is 5.71. The van der Waals surface area contributed by atoms with Gasteiger partial charge in [-0.15, -0.1) is 0 Å². The van der Waals surface area contributed by atoms with Crippen LogP contribution in [-0.4, -0.2) is 16.0 Å². The van der Waals surface area contributed by atoms with Crippen molar-refractivity contribution in [2.75, 3.05) is 0 Å². The molecule has 1 aliphatic heterocycles. The topological polar surface area (TPSA) is 66.8 Å². The molecule has 0 spiro atoms. The van der Waals surface area contributed by atoms with Gasteiger partial charge in [-0.05, 0) is 24.1 Å². The van der Waals surface area contributed by atoms with Gasteiger partial charge in [-0.2, -0.15) is 0 Å². The maximum Gasteiger partial charge on any atom is 0.174 e. The van der Waals surface area contributed by atoms with Crippen LogP contribution in [0, 0.1) is 0 Å². The predicted octanol–water partition coefficient (Wildman–Crippen LogP) is 4.77. The van der Waals surface area contributed by atoms with E-state index >= 15 is 0 Å². The second-order valence-corrected chi connectivity index (χ2v) is 5.71. The van der Waals surface area contributed by atoms with Crippen LogP contribution in [-0.2, 0) is 6.42 Å². The minimum atomic E-state index is -0.284. The first-order valence-electron chi connectivity index (χ1n) is 7.89. The second kappa shape index (κ2) is 6.69. The quantitative estimate of drug-likeness (QED) is 0.793. The average molecular weight is 334 g/mol. The molecule has 0 aromatic heterocycles. The molecule has 3 rings (SSSR count). The predicted molar refractivity (Wildman–Crippen MR) is 97.3 cm³/mol. The van der Waals surface area contributed by atoms with E-state index in [2.05, 4.69) is 6.58 Å². The fraction of sp³-hybridized carbons (Fsp3) is 0.0952. The molecule has 0 radical (unpaired) electrons. The van der Waals surface area contributed by atoms with E-state index in [-0.39, 0.29) is 35.0 Å². The summed E-state index contributed by atoms with van der Waals surface area (Å²) in [5.74, 6) is -0.0394. The maximum absolute atomic E-state index is 12.5. The molecule has 0 saturated heterocycles. The monoisotopic (exact) mass is 334 g/mol. The Morgan fingerprint density at radius 2 is 2.00 bits per heavy atom. The van der Waals surface area contributed by atoms with Crippen LogP contribution in [0.15, 0.2) is 61.2 Å².